The zero-order valence-electron chi connectivity index (χ0n) is 12.0. The summed E-state index contributed by atoms with van der Waals surface area (Å²) in [5.74, 6) is 0. The molecule has 0 aliphatic heterocycles. The molecule has 2 aromatic heterocycles. The maximum absolute atomic E-state index is 12.5. The van der Waals surface area contributed by atoms with Gasteiger partial charge in [0.25, 0.3) is 5.56 Å². The molecule has 1 N–H and O–H groups in total. The molecule has 0 fully saturated rings. The molecule has 0 spiro atoms. The van der Waals surface area contributed by atoms with Crippen molar-refractivity contribution >= 4 is 33.2 Å². The third-order valence-electron chi connectivity index (χ3n) is 3.54. The van der Waals surface area contributed by atoms with Crippen molar-refractivity contribution in [3.05, 3.63) is 62.5 Å². The number of hydrogen-bond donors (Lipinski definition) is 1. The van der Waals surface area contributed by atoms with Crippen molar-refractivity contribution in [3.8, 4) is 0 Å². The summed E-state index contributed by atoms with van der Waals surface area (Å²) in [6, 6.07) is 8.83. The first-order chi connectivity index (χ1) is 10.6. The van der Waals surface area contributed by atoms with E-state index < -0.39 is 6.10 Å². The first-order valence-electron chi connectivity index (χ1n) is 7.00. The predicted molar refractivity (Wildman–Crippen MR) is 89.7 cm³/mol. The largest absolute Gasteiger partial charge is 0.387 e. The molecule has 3 aromatic rings. The number of aliphatic hydroxyl groups excluding tert-OH is 1. The number of nitrogens with zero attached hydrogens (tertiary/aromatic N) is 2. The van der Waals surface area contributed by atoms with Crippen LogP contribution in [-0.2, 0) is 13.0 Å². The van der Waals surface area contributed by atoms with Gasteiger partial charge in [0.1, 0.15) is 4.83 Å². The van der Waals surface area contributed by atoms with Crippen molar-refractivity contribution in [2.24, 2.45) is 0 Å². The molecular formula is C16H15ClN2O2S. The summed E-state index contributed by atoms with van der Waals surface area (Å²) in [5, 5.41) is 11.5. The van der Waals surface area contributed by atoms with Gasteiger partial charge in [0.15, 0.2) is 0 Å². The Morgan fingerprint density at radius 2 is 2.09 bits per heavy atom. The van der Waals surface area contributed by atoms with Crippen LogP contribution in [0, 0.1) is 0 Å². The van der Waals surface area contributed by atoms with Crippen LogP contribution in [0.1, 0.15) is 23.5 Å². The lowest BCUT2D eigenvalue weighted by molar-refractivity contribution is 0.155. The summed E-state index contributed by atoms with van der Waals surface area (Å²) in [4.78, 5) is 18.7. The first-order valence-corrected chi connectivity index (χ1v) is 8.19. The van der Waals surface area contributed by atoms with Crippen LogP contribution in [0.25, 0.3) is 10.2 Å². The minimum absolute atomic E-state index is 0.117. The Bertz CT molecular complexity index is 855. The maximum Gasteiger partial charge on any atom is 0.262 e. The van der Waals surface area contributed by atoms with Crippen LogP contribution in [0.4, 0.5) is 0 Å². The van der Waals surface area contributed by atoms with E-state index >= 15 is 0 Å². The van der Waals surface area contributed by atoms with E-state index in [0.29, 0.717) is 10.4 Å². The lowest BCUT2D eigenvalue weighted by atomic mass is 10.1. The number of aliphatic hydroxyl groups is 1. The topological polar surface area (TPSA) is 55.1 Å². The number of thiophene rings is 1. The minimum atomic E-state index is -0.779. The highest BCUT2D eigenvalue weighted by Crippen LogP contribution is 2.22. The highest BCUT2D eigenvalue weighted by Gasteiger charge is 2.13. The van der Waals surface area contributed by atoms with Crippen LogP contribution in [0.3, 0.4) is 0 Å². The molecule has 0 aliphatic carbocycles. The highest BCUT2D eigenvalue weighted by molar-refractivity contribution is 7.18. The lowest BCUT2D eigenvalue weighted by Gasteiger charge is -2.12. The molecule has 1 unspecified atom stereocenters. The van der Waals surface area contributed by atoms with Gasteiger partial charge < -0.3 is 5.11 Å². The molecule has 6 heteroatoms. The van der Waals surface area contributed by atoms with E-state index in [1.807, 2.05) is 13.0 Å². The summed E-state index contributed by atoms with van der Waals surface area (Å²) < 4.78 is 1.45. The number of hydrogen-bond acceptors (Lipinski definition) is 4. The third kappa shape index (κ3) is 2.92. The number of fused-ring (bicyclic) bond motifs is 1. The molecule has 0 bridgehead atoms. The lowest BCUT2D eigenvalue weighted by Crippen LogP contribution is -2.23. The Morgan fingerprint density at radius 3 is 2.77 bits per heavy atom. The number of aromatic nitrogens is 2. The second kappa shape index (κ2) is 6.20. The van der Waals surface area contributed by atoms with Gasteiger partial charge >= 0.3 is 0 Å². The summed E-state index contributed by atoms with van der Waals surface area (Å²) >= 11 is 7.37. The zero-order chi connectivity index (χ0) is 15.7. The summed E-state index contributed by atoms with van der Waals surface area (Å²) in [7, 11) is 0. The smallest absolute Gasteiger partial charge is 0.262 e. The van der Waals surface area contributed by atoms with Crippen molar-refractivity contribution in [1.82, 2.24) is 9.55 Å². The quantitative estimate of drug-likeness (QED) is 0.795. The van der Waals surface area contributed by atoms with E-state index in [-0.39, 0.29) is 12.1 Å². The van der Waals surface area contributed by atoms with Crippen molar-refractivity contribution < 1.29 is 5.11 Å². The van der Waals surface area contributed by atoms with E-state index in [0.717, 1.165) is 21.7 Å². The van der Waals surface area contributed by atoms with Crippen LogP contribution in [0.5, 0.6) is 0 Å². The normalized spacial score (nSPS) is 12.7. The molecule has 0 radical (unpaired) electrons. The van der Waals surface area contributed by atoms with Gasteiger partial charge in [0, 0.05) is 9.90 Å². The molecule has 0 amide bonds. The Kier molecular flexibility index (Phi) is 4.29. The number of aryl methyl sites for hydroxylation is 1. The molecule has 4 nitrogen and oxygen atoms in total. The van der Waals surface area contributed by atoms with Crippen LogP contribution in [0.15, 0.2) is 41.5 Å². The summed E-state index contributed by atoms with van der Waals surface area (Å²) in [5.41, 5.74) is 0.602. The van der Waals surface area contributed by atoms with Gasteiger partial charge in [-0.3, -0.25) is 9.36 Å². The van der Waals surface area contributed by atoms with E-state index in [2.05, 4.69) is 4.98 Å². The van der Waals surface area contributed by atoms with Crippen molar-refractivity contribution in [2.75, 3.05) is 0 Å². The highest BCUT2D eigenvalue weighted by atomic mass is 35.5. The van der Waals surface area contributed by atoms with Gasteiger partial charge in [-0.15, -0.1) is 11.3 Å². The molecule has 0 aliphatic rings. The predicted octanol–water partition coefficient (Wildman–Crippen LogP) is 3.41. The Labute approximate surface area is 136 Å². The fraction of sp³-hybridized carbons (Fsp3) is 0.250. The Morgan fingerprint density at radius 1 is 1.36 bits per heavy atom. The summed E-state index contributed by atoms with van der Waals surface area (Å²) in [6.07, 6.45) is 1.60. The fourth-order valence-corrected chi connectivity index (χ4v) is 3.34. The molecule has 0 saturated heterocycles. The molecule has 114 valence electrons. The van der Waals surface area contributed by atoms with Crippen molar-refractivity contribution in [2.45, 2.75) is 26.0 Å². The number of rotatable bonds is 4. The van der Waals surface area contributed by atoms with Gasteiger partial charge in [-0.05, 0) is 30.2 Å². The van der Waals surface area contributed by atoms with Gasteiger partial charge in [-0.1, -0.05) is 30.7 Å². The molecule has 22 heavy (non-hydrogen) atoms. The maximum atomic E-state index is 12.5. The monoisotopic (exact) mass is 334 g/mol. The van der Waals surface area contributed by atoms with Crippen LogP contribution in [0.2, 0.25) is 5.02 Å². The van der Waals surface area contributed by atoms with Gasteiger partial charge in [0.05, 0.1) is 24.4 Å². The zero-order valence-corrected chi connectivity index (χ0v) is 13.6. The van der Waals surface area contributed by atoms with E-state index in [4.69, 9.17) is 11.6 Å². The Hall–Kier alpha value is -1.69. The average molecular weight is 335 g/mol. The number of halogens is 1. The van der Waals surface area contributed by atoms with Crippen molar-refractivity contribution in [3.63, 3.8) is 0 Å². The molecule has 2 heterocycles. The second-order valence-electron chi connectivity index (χ2n) is 5.05. The van der Waals surface area contributed by atoms with E-state index in [9.17, 15) is 9.90 Å². The Balaban J connectivity index is 1.91. The summed E-state index contributed by atoms with van der Waals surface area (Å²) in [6.45, 7) is 2.22. The van der Waals surface area contributed by atoms with Crippen LogP contribution >= 0.6 is 22.9 Å². The molecule has 0 saturated carbocycles. The van der Waals surface area contributed by atoms with E-state index in [1.54, 1.807) is 24.3 Å². The van der Waals surface area contributed by atoms with E-state index in [1.165, 1.54) is 22.2 Å². The third-order valence-corrected chi connectivity index (χ3v) is 4.98. The molecule has 1 aromatic carbocycles. The van der Waals surface area contributed by atoms with Crippen molar-refractivity contribution in [1.29, 1.82) is 0 Å². The SMILES string of the molecule is CCc1cc2c(=O)n(CC(O)c3ccc(Cl)cc3)cnc2s1. The van der Waals surface area contributed by atoms with Crippen LogP contribution in [-0.4, -0.2) is 14.7 Å². The molecule has 3 rings (SSSR count). The van der Waals surface area contributed by atoms with Gasteiger partial charge in [-0.2, -0.15) is 0 Å². The fourth-order valence-electron chi connectivity index (χ4n) is 2.29. The molecule has 1 atom stereocenters. The van der Waals surface area contributed by atoms with Gasteiger partial charge in [-0.25, -0.2) is 4.98 Å². The van der Waals surface area contributed by atoms with Crippen LogP contribution < -0.4 is 5.56 Å². The second-order valence-corrected chi connectivity index (χ2v) is 6.61. The standard InChI is InChI=1S/C16H15ClN2O2S/c1-2-12-7-13-15(22-12)18-9-19(16(13)21)8-14(20)10-3-5-11(17)6-4-10/h3-7,9,14,20H,2,8H2,1H3. The minimum Gasteiger partial charge on any atom is -0.387 e. The number of benzene rings is 1. The van der Waals surface area contributed by atoms with Gasteiger partial charge in [0.2, 0.25) is 0 Å². The molecular weight excluding hydrogens is 320 g/mol. The first kappa shape index (κ1) is 15.2. The average Bonchev–Trinajstić information content (AvgIpc) is 2.95.